The van der Waals surface area contributed by atoms with E-state index in [9.17, 15) is 14.4 Å². The Morgan fingerprint density at radius 1 is 0.865 bits per heavy atom. The van der Waals surface area contributed by atoms with Gasteiger partial charge in [0.05, 0.1) is 34.6 Å². The van der Waals surface area contributed by atoms with Crippen molar-refractivity contribution in [3.8, 4) is 0 Å². The summed E-state index contributed by atoms with van der Waals surface area (Å²) >= 11 is 0. The Morgan fingerprint density at radius 3 is 2.19 bits per heavy atom. The summed E-state index contributed by atoms with van der Waals surface area (Å²) in [5.41, 5.74) is 4.20. The molecule has 2 atom stereocenters. The van der Waals surface area contributed by atoms with Gasteiger partial charge in [-0.15, -0.1) is 0 Å². The first-order chi connectivity index (χ1) is 17.8. The van der Waals surface area contributed by atoms with Crippen LogP contribution in [0.3, 0.4) is 0 Å². The molecule has 2 aliphatic carbocycles. The van der Waals surface area contributed by atoms with Gasteiger partial charge in [-0.1, -0.05) is 56.3 Å². The largest absolute Gasteiger partial charge is 0.333 e. The monoisotopic (exact) mass is 489 g/mol. The number of fused-ring (bicyclic) bond motifs is 3. The number of anilines is 1. The van der Waals surface area contributed by atoms with Gasteiger partial charge in [-0.2, -0.15) is 0 Å². The second-order valence-electron chi connectivity index (χ2n) is 10.8. The summed E-state index contributed by atoms with van der Waals surface area (Å²) in [4.78, 5) is 52.6. The molecule has 0 amide bonds. The number of Topliss-reactive ketones (excluding diaryl/α,β-unsaturated/α-hetero) is 3. The summed E-state index contributed by atoms with van der Waals surface area (Å²) in [5.74, 6) is -1.05. The maximum Gasteiger partial charge on any atom is 0.199 e. The van der Waals surface area contributed by atoms with E-state index in [-0.39, 0.29) is 28.3 Å². The SMILES string of the molecule is CC(=C1C(=O)c2ccccc2C1=O)N1c2ccccc2N=C2CC(C)(C)CC(=O)C2C1c1ccccn1. The molecule has 37 heavy (non-hydrogen) atoms. The van der Waals surface area contributed by atoms with Crippen LogP contribution in [0, 0.1) is 11.3 Å². The minimum Gasteiger partial charge on any atom is -0.333 e. The van der Waals surface area contributed by atoms with E-state index in [1.54, 1.807) is 37.4 Å². The van der Waals surface area contributed by atoms with Crippen molar-refractivity contribution in [3.05, 3.63) is 101 Å². The molecular weight excluding hydrogens is 462 g/mol. The molecule has 2 aromatic carbocycles. The minimum atomic E-state index is -0.556. The predicted molar refractivity (Wildman–Crippen MR) is 142 cm³/mol. The lowest BCUT2D eigenvalue weighted by Gasteiger charge is -2.41. The summed E-state index contributed by atoms with van der Waals surface area (Å²) in [6.07, 6.45) is 2.81. The number of hydrogen-bond acceptors (Lipinski definition) is 6. The summed E-state index contributed by atoms with van der Waals surface area (Å²) in [6.45, 7) is 5.98. The number of carbonyl (C=O) groups excluding carboxylic acids is 3. The van der Waals surface area contributed by atoms with E-state index >= 15 is 0 Å². The highest BCUT2D eigenvalue weighted by atomic mass is 16.2. The average Bonchev–Trinajstić information content (AvgIpc) is 3.03. The Kier molecular flexibility index (Phi) is 5.30. The van der Waals surface area contributed by atoms with E-state index in [1.807, 2.05) is 47.4 Å². The van der Waals surface area contributed by atoms with Crippen LogP contribution >= 0.6 is 0 Å². The Morgan fingerprint density at radius 2 is 1.51 bits per heavy atom. The second kappa shape index (κ2) is 8.44. The van der Waals surface area contributed by atoms with Crippen LogP contribution in [0.5, 0.6) is 0 Å². The van der Waals surface area contributed by atoms with E-state index in [1.165, 1.54) is 0 Å². The number of aliphatic imine (C=N–C) groups is 1. The van der Waals surface area contributed by atoms with Crippen molar-refractivity contribution < 1.29 is 14.4 Å². The molecule has 3 aliphatic rings. The van der Waals surface area contributed by atoms with Gasteiger partial charge < -0.3 is 4.90 Å². The van der Waals surface area contributed by atoms with Gasteiger partial charge in [0.25, 0.3) is 0 Å². The first-order valence-corrected chi connectivity index (χ1v) is 12.6. The smallest absolute Gasteiger partial charge is 0.199 e. The molecule has 1 aliphatic heterocycles. The van der Waals surface area contributed by atoms with Gasteiger partial charge in [-0.3, -0.25) is 24.4 Å². The zero-order chi connectivity index (χ0) is 25.9. The molecule has 6 nitrogen and oxygen atoms in total. The molecule has 2 unspecified atom stereocenters. The minimum absolute atomic E-state index is 0.0913. The van der Waals surface area contributed by atoms with Gasteiger partial charge in [0.2, 0.25) is 0 Å². The van der Waals surface area contributed by atoms with Crippen LogP contribution in [0.1, 0.15) is 66.1 Å². The lowest BCUT2D eigenvalue weighted by molar-refractivity contribution is -0.124. The molecule has 1 saturated carbocycles. The normalized spacial score (nSPS) is 22.1. The molecule has 3 aromatic rings. The molecule has 2 heterocycles. The number of allylic oxidation sites excluding steroid dienone is 2. The maximum atomic E-state index is 13.8. The van der Waals surface area contributed by atoms with Gasteiger partial charge >= 0.3 is 0 Å². The Bertz CT molecular complexity index is 1500. The Labute approximate surface area is 215 Å². The van der Waals surface area contributed by atoms with Crippen molar-refractivity contribution in [3.63, 3.8) is 0 Å². The standard InChI is InChI=1S/C31H27N3O3/c1-18(26-29(36)19-10-4-5-11-20(19)30(26)37)34-24-14-7-6-12-21(24)33-23-16-31(2,3)17-25(35)27(23)28(34)22-13-8-9-15-32-22/h4-15,27-28H,16-17H2,1-3H3. The van der Waals surface area contributed by atoms with Crippen LogP contribution in [0.25, 0.3) is 0 Å². The van der Waals surface area contributed by atoms with Crippen LogP contribution in [-0.4, -0.2) is 28.0 Å². The number of carbonyl (C=O) groups is 3. The van der Waals surface area contributed by atoms with Gasteiger partial charge in [0.1, 0.15) is 5.78 Å². The quantitative estimate of drug-likeness (QED) is 0.322. The van der Waals surface area contributed by atoms with Crippen molar-refractivity contribution in [2.75, 3.05) is 4.90 Å². The van der Waals surface area contributed by atoms with Crippen molar-refractivity contribution in [2.24, 2.45) is 16.3 Å². The zero-order valence-electron chi connectivity index (χ0n) is 21.1. The third-order valence-corrected chi connectivity index (χ3v) is 7.60. The van der Waals surface area contributed by atoms with Gasteiger partial charge in [0.15, 0.2) is 11.6 Å². The molecule has 6 heteroatoms. The van der Waals surface area contributed by atoms with Crippen LogP contribution in [-0.2, 0) is 4.79 Å². The number of ketones is 3. The molecular formula is C31H27N3O3. The van der Waals surface area contributed by atoms with Crippen LogP contribution in [0.2, 0.25) is 0 Å². The van der Waals surface area contributed by atoms with Crippen LogP contribution < -0.4 is 4.90 Å². The highest BCUT2D eigenvalue weighted by Crippen LogP contribution is 2.49. The lowest BCUT2D eigenvalue weighted by Crippen LogP contribution is -2.45. The number of para-hydroxylation sites is 2. The predicted octanol–water partition coefficient (Wildman–Crippen LogP) is 6.07. The zero-order valence-corrected chi connectivity index (χ0v) is 21.1. The first-order valence-electron chi connectivity index (χ1n) is 12.6. The molecule has 0 N–H and O–H groups in total. The summed E-state index contributed by atoms with van der Waals surface area (Å²) in [6, 6.07) is 19.7. The average molecular weight is 490 g/mol. The lowest BCUT2D eigenvalue weighted by atomic mass is 9.68. The fourth-order valence-electron chi connectivity index (χ4n) is 6.06. The third-order valence-electron chi connectivity index (χ3n) is 7.60. The van der Waals surface area contributed by atoms with E-state index in [0.29, 0.717) is 41.0 Å². The summed E-state index contributed by atoms with van der Waals surface area (Å²) in [7, 11) is 0. The van der Waals surface area contributed by atoms with Gasteiger partial charge in [-0.05, 0) is 43.0 Å². The van der Waals surface area contributed by atoms with E-state index in [4.69, 9.17) is 4.99 Å². The molecule has 0 radical (unpaired) electrons. The summed E-state index contributed by atoms with van der Waals surface area (Å²) < 4.78 is 0. The fourth-order valence-corrected chi connectivity index (χ4v) is 6.06. The van der Waals surface area contributed by atoms with E-state index in [0.717, 1.165) is 11.4 Å². The molecule has 184 valence electrons. The molecule has 0 saturated heterocycles. The highest BCUT2D eigenvalue weighted by molar-refractivity contribution is 6.40. The number of rotatable bonds is 2. The number of pyridine rings is 1. The van der Waals surface area contributed by atoms with Crippen LogP contribution in [0.4, 0.5) is 11.4 Å². The van der Waals surface area contributed by atoms with E-state index in [2.05, 4.69) is 18.8 Å². The molecule has 0 bridgehead atoms. The Balaban J connectivity index is 1.63. The van der Waals surface area contributed by atoms with E-state index < -0.39 is 12.0 Å². The van der Waals surface area contributed by atoms with Gasteiger partial charge in [-0.25, -0.2) is 0 Å². The Hall–Kier alpha value is -4.19. The molecule has 0 spiro atoms. The maximum absolute atomic E-state index is 13.8. The molecule has 1 fully saturated rings. The number of aromatic nitrogens is 1. The number of nitrogens with zero attached hydrogens (tertiary/aromatic N) is 3. The van der Waals surface area contributed by atoms with Crippen molar-refractivity contribution in [1.82, 2.24) is 4.98 Å². The third kappa shape index (κ3) is 3.67. The second-order valence-corrected chi connectivity index (χ2v) is 10.8. The first kappa shape index (κ1) is 23.2. The summed E-state index contributed by atoms with van der Waals surface area (Å²) in [5, 5.41) is 0. The van der Waals surface area contributed by atoms with Crippen molar-refractivity contribution >= 4 is 34.4 Å². The van der Waals surface area contributed by atoms with Crippen molar-refractivity contribution in [2.45, 2.75) is 39.7 Å². The number of hydrogen-bond donors (Lipinski definition) is 0. The highest BCUT2D eigenvalue weighted by Gasteiger charge is 2.48. The topological polar surface area (TPSA) is 79.7 Å². The van der Waals surface area contributed by atoms with Crippen molar-refractivity contribution in [1.29, 1.82) is 0 Å². The fraction of sp³-hybridized carbons (Fsp3) is 0.258. The van der Waals surface area contributed by atoms with Crippen LogP contribution in [0.15, 0.2) is 89.2 Å². The molecule has 6 rings (SSSR count). The van der Waals surface area contributed by atoms with Gasteiger partial charge in [0, 0.05) is 35.2 Å². The number of benzene rings is 2. The molecule has 1 aromatic heterocycles.